The minimum Gasteiger partial charge on any atom is -0.375 e. The Morgan fingerprint density at radius 3 is 2.50 bits per heavy atom. The van der Waals surface area contributed by atoms with Crippen molar-refractivity contribution in [3.8, 4) is 0 Å². The van der Waals surface area contributed by atoms with Gasteiger partial charge < -0.3 is 5.32 Å². The van der Waals surface area contributed by atoms with Crippen molar-refractivity contribution in [2.45, 2.75) is 12.5 Å². The molecular formula is C5H4ClF2NO. The van der Waals surface area contributed by atoms with Crippen LogP contribution in [-0.2, 0) is 4.79 Å². The number of halogens is 3. The lowest BCUT2D eigenvalue weighted by molar-refractivity contribution is -0.118. The Morgan fingerprint density at radius 2 is 2.30 bits per heavy atom. The number of nitrogens with one attached hydrogen (secondary N) is 1. The highest BCUT2D eigenvalue weighted by Gasteiger charge is 2.33. The highest BCUT2D eigenvalue weighted by molar-refractivity contribution is 6.44. The summed E-state index contributed by atoms with van der Waals surface area (Å²) in [6.07, 6.45) is -1.61. The van der Waals surface area contributed by atoms with Crippen LogP contribution < -0.4 is 5.32 Å². The van der Waals surface area contributed by atoms with Gasteiger partial charge in [-0.05, 0) is 0 Å². The fourth-order valence-corrected chi connectivity index (χ4v) is 0.826. The van der Waals surface area contributed by atoms with E-state index in [0.717, 1.165) is 6.20 Å². The van der Waals surface area contributed by atoms with Crippen LogP contribution in [0.3, 0.4) is 0 Å². The average Bonchev–Trinajstić information content (AvgIpc) is 2.14. The summed E-state index contributed by atoms with van der Waals surface area (Å²) >= 11 is 5.22. The van der Waals surface area contributed by atoms with E-state index in [1.165, 1.54) is 0 Å². The van der Waals surface area contributed by atoms with Crippen molar-refractivity contribution in [1.82, 2.24) is 5.32 Å². The summed E-state index contributed by atoms with van der Waals surface area (Å²) < 4.78 is 23.6. The van der Waals surface area contributed by atoms with Crippen molar-refractivity contribution < 1.29 is 13.6 Å². The summed E-state index contributed by atoms with van der Waals surface area (Å²) in [5.41, 5.74) is 0. The van der Waals surface area contributed by atoms with Crippen LogP contribution >= 0.6 is 11.6 Å². The largest absolute Gasteiger partial charge is 0.375 e. The summed E-state index contributed by atoms with van der Waals surface area (Å²) in [6, 6.07) is -1.44. The highest BCUT2D eigenvalue weighted by atomic mass is 35.5. The van der Waals surface area contributed by atoms with Crippen molar-refractivity contribution in [3.05, 3.63) is 11.2 Å². The zero-order chi connectivity index (χ0) is 7.72. The second-order valence-electron chi connectivity index (χ2n) is 1.84. The Labute approximate surface area is 60.8 Å². The molecule has 0 aromatic heterocycles. The van der Waals surface area contributed by atoms with Crippen molar-refractivity contribution in [3.63, 3.8) is 0 Å². The molecule has 0 aliphatic carbocycles. The van der Waals surface area contributed by atoms with Crippen molar-refractivity contribution in [2.75, 3.05) is 0 Å². The Hall–Kier alpha value is -0.640. The number of carbonyl (C=O) groups is 1. The number of Topliss-reactive ketones (excluding diaryl/α,β-unsaturated/α-hetero) is 1. The summed E-state index contributed by atoms with van der Waals surface area (Å²) in [7, 11) is 0. The molecule has 56 valence electrons. The predicted octanol–water partition coefficient (Wildman–Crippen LogP) is 0.873. The topological polar surface area (TPSA) is 29.1 Å². The van der Waals surface area contributed by atoms with Crippen LogP contribution in [0.2, 0.25) is 0 Å². The molecule has 1 unspecified atom stereocenters. The first-order chi connectivity index (χ1) is 4.63. The second-order valence-corrected chi connectivity index (χ2v) is 2.24. The Balaban J connectivity index is 2.65. The maximum atomic E-state index is 11.8. The van der Waals surface area contributed by atoms with Gasteiger partial charge >= 0.3 is 0 Å². The summed E-state index contributed by atoms with van der Waals surface area (Å²) in [4.78, 5) is 10.6. The fourth-order valence-electron chi connectivity index (χ4n) is 0.645. The van der Waals surface area contributed by atoms with Gasteiger partial charge in [-0.2, -0.15) is 0 Å². The third-order valence-electron chi connectivity index (χ3n) is 1.16. The average molecular weight is 168 g/mol. The maximum Gasteiger partial charge on any atom is 0.265 e. The van der Waals surface area contributed by atoms with Crippen LogP contribution in [0.1, 0.15) is 0 Å². The van der Waals surface area contributed by atoms with Gasteiger partial charge in [0.25, 0.3) is 6.43 Å². The van der Waals surface area contributed by atoms with Gasteiger partial charge in [0.15, 0.2) is 6.04 Å². The number of hydrogen-bond donors (Lipinski definition) is 1. The Morgan fingerprint density at radius 1 is 1.70 bits per heavy atom. The van der Waals surface area contributed by atoms with E-state index < -0.39 is 18.3 Å². The Kier molecular flexibility index (Phi) is 1.89. The number of carbonyl (C=O) groups excluding carboxylic acids is 1. The summed E-state index contributed by atoms with van der Waals surface area (Å²) in [5, 5.41) is 2.00. The van der Waals surface area contributed by atoms with Crippen LogP contribution in [0.4, 0.5) is 8.78 Å². The first-order valence-electron chi connectivity index (χ1n) is 2.57. The van der Waals surface area contributed by atoms with Crippen molar-refractivity contribution >= 4 is 17.4 Å². The van der Waals surface area contributed by atoms with E-state index in [2.05, 4.69) is 5.32 Å². The van der Waals surface area contributed by atoms with E-state index >= 15 is 0 Å². The van der Waals surface area contributed by atoms with Crippen LogP contribution in [0.15, 0.2) is 11.2 Å². The standard InChI is InChI=1S/C5H4ClF2NO/c6-2-1-9-3(4(2)10)5(7)8/h1,3,5,9H. The third kappa shape index (κ3) is 1.11. The molecule has 0 radical (unpaired) electrons. The van der Waals surface area contributed by atoms with Gasteiger partial charge in [0, 0.05) is 6.20 Å². The lowest BCUT2D eigenvalue weighted by atomic mass is 10.2. The molecule has 0 bridgehead atoms. The molecule has 10 heavy (non-hydrogen) atoms. The summed E-state index contributed by atoms with van der Waals surface area (Å²) in [5.74, 6) is -0.739. The molecule has 1 N–H and O–H groups in total. The van der Waals surface area contributed by atoms with Gasteiger partial charge in [0.1, 0.15) is 5.03 Å². The zero-order valence-electron chi connectivity index (χ0n) is 4.77. The number of rotatable bonds is 1. The van der Waals surface area contributed by atoms with Gasteiger partial charge in [-0.1, -0.05) is 11.6 Å². The van der Waals surface area contributed by atoms with Crippen molar-refractivity contribution in [1.29, 1.82) is 0 Å². The van der Waals surface area contributed by atoms with E-state index in [4.69, 9.17) is 11.6 Å². The molecule has 5 heteroatoms. The minimum atomic E-state index is -2.69. The van der Waals surface area contributed by atoms with E-state index in [1.54, 1.807) is 0 Å². The highest BCUT2D eigenvalue weighted by Crippen LogP contribution is 2.16. The second kappa shape index (κ2) is 2.54. The molecule has 0 saturated carbocycles. The predicted molar refractivity (Wildman–Crippen MR) is 31.9 cm³/mol. The van der Waals surface area contributed by atoms with Gasteiger partial charge in [0.2, 0.25) is 5.78 Å². The molecule has 1 aliphatic heterocycles. The summed E-state index contributed by atoms with van der Waals surface area (Å²) in [6.45, 7) is 0. The van der Waals surface area contributed by atoms with Crippen LogP contribution in [-0.4, -0.2) is 18.3 Å². The lowest BCUT2D eigenvalue weighted by Gasteiger charge is -2.05. The van der Waals surface area contributed by atoms with E-state index in [9.17, 15) is 13.6 Å². The number of alkyl halides is 2. The van der Waals surface area contributed by atoms with Gasteiger partial charge in [-0.25, -0.2) is 8.78 Å². The smallest absolute Gasteiger partial charge is 0.265 e. The minimum absolute atomic E-state index is 0.162. The van der Waals surface area contributed by atoms with Crippen LogP contribution in [0.5, 0.6) is 0 Å². The molecule has 1 rings (SSSR count). The monoisotopic (exact) mass is 167 g/mol. The normalized spacial score (nSPS) is 25.0. The SMILES string of the molecule is O=C1C(Cl)=CNC1C(F)F. The first-order valence-corrected chi connectivity index (χ1v) is 2.95. The zero-order valence-corrected chi connectivity index (χ0v) is 5.53. The maximum absolute atomic E-state index is 11.8. The van der Waals surface area contributed by atoms with Gasteiger partial charge in [-0.3, -0.25) is 4.79 Å². The molecule has 1 atom stereocenters. The van der Waals surface area contributed by atoms with Crippen LogP contribution in [0, 0.1) is 0 Å². The molecule has 0 fully saturated rings. The van der Waals surface area contributed by atoms with Crippen LogP contribution in [0.25, 0.3) is 0 Å². The van der Waals surface area contributed by atoms with E-state index in [0.29, 0.717) is 0 Å². The third-order valence-corrected chi connectivity index (χ3v) is 1.45. The Bertz CT molecular complexity index is 192. The van der Waals surface area contributed by atoms with Gasteiger partial charge in [0.05, 0.1) is 0 Å². The number of hydrogen-bond acceptors (Lipinski definition) is 2. The van der Waals surface area contributed by atoms with E-state index in [-0.39, 0.29) is 5.03 Å². The quantitative estimate of drug-likeness (QED) is 0.628. The number of ketones is 1. The van der Waals surface area contributed by atoms with Gasteiger partial charge in [-0.15, -0.1) is 0 Å². The molecule has 1 aliphatic rings. The molecule has 0 aromatic rings. The molecule has 0 aromatic carbocycles. The molecule has 2 nitrogen and oxygen atoms in total. The molecule has 0 saturated heterocycles. The first kappa shape index (κ1) is 7.47. The molecule has 0 spiro atoms. The fraction of sp³-hybridized carbons (Fsp3) is 0.400. The van der Waals surface area contributed by atoms with E-state index in [1.807, 2.05) is 0 Å². The van der Waals surface area contributed by atoms with Crippen molar-refractivity contribution in [2.24, 2.45) is 0 Å². The molecule has 1 heterocycles. The molecular weight excluding hydrogens is 164 g/mol. The molecule has 0 amide bonds. The lowest BCUT2D eigenvalue weighted by Crippen LogP contribution is -2.34.